The Labute approximate surface area is 117 Å². The van der Waals surface area contributed by atoms with Crippen molar-refractivity contribution in [3.63, 3.8) is 0 Å². The number of ether oxygens (including phenoxy) is 1. The van der Waals surface area contributed by atoms with Gasteiger partial charge in [0, 0.05) is 6.08 Å². The van der Waals surface area contributed by atoms with Crippen molar-refractivity contribution >= 4 is 5.97 Å². The molecule has 2 nitrogen and oxygen atoms in total. The molecule has 0 atom stereocenters. The fourth-order valence-corrected chi connectivity index (χ4v) is 3.97. The van der Waals surface area contributed by atoms with E-state index in [1.807, 2.05) is 0 Å². The molecule has 2 saturated carbocycles. The maximum absolute atomic E-state index is 11.8. The molecule has 0 N–H and O–H groups in total. The van der Waals surface area contributed by atoms with Gasteiger partial charge >= 0.3 is 5.97 Å². The molecule has 0 amide bonds. The summed E-state index contributed by atoms with van der Waals surface area (Å²) in [5, 5.41) is 0. The molecule has 0 spiro atoms. The molecule has 0 saturated heterocycles. The smallest absolute Gasteiger partial charge is 0.330 e. The quantitative estimate of drug-likeness (QED) is 0.541. The molecule has 0 aromatic carbocycles. The zero-order valence-electron chi connectivity index (χ0n) is 12.2. The van der Waals surface area contributed by atoms with Gasteiger partial charge < -0.3 is 4.74 Å². The Morgan fingerprint density at radius 1 is 0.947 bits per heavy atom. The molecular formula is C17H28O2. The topological polar surface area (TPSA) is 26.3 Å². The van der Waals surface area contributed by atoms with Gasteiger partial charge in [0.05, 0.1) is 0 Å². The molecule has 0 radical (unpaired) electrons. The molecular weight excluding hydrogens is 236 g/mol. The molecule has 0 aromatic heterocycles. The van der Waals surface area contributed by atoms with E-state index in [-0.39, 0.29) is 11.6 Å². The van der Waals surface area contributed by atoms with Crippen LogP contribution in [0.4, 0.5) is 0 Å². The second-order valence-electron chi connectivity index (χ2n) is 6.29. The zero-order chi connectivity index (χ0) is 13.6. The van der Waals surface area contributed by atoms with E-state index < -0.39 is 0 Å². The monoisotopic (exact) mass is 264 g/mol. The average Bonchev–Trinajstić information content (AvgIpc) is 2.43. The summed E-state index contributed by atoms with van der Waals surface area (Å²) in [4.78, 5) is 11.8. The van der Waals surface area contributed by atoms with Crippen LogP contribution in [0.5, 0.6) is 0 Å². The fourth-order valence-electron chi connectivity index (χ4n) is 3.97. The van der Waals surface area contributed by atoms with E-state index >= 15 is 0 Å². The van der Waals surface area contributed by atoms with Crippen LogP contribution >= 0.6 is 0 Å². The number of rotatable bonds is 3. The second-order valence-corrected chi connectivity index (χ2v) is 6.29. The van der Waals surface area contributed by atoms with Gasteiger partial charge in [-0.15, -0.1) is 0 Å². The first-order chi connectivity index (χ1) is 9.27. The normalized spacial score (nSPS) is 25.1. The van der Waals surface area contributed by atoms with Crippen LogP contribution in [0.2, 0.25) is 0 Å². The molecule has 0 aromatic rings. The van der Waals surface area contributed by atoms with Crippen molar-refractivity contribution in [2.45, 2.75) is 82.7 Å². The van der Waals surface area contributed by atoms with Crippen LogP contribution in [-0.2, 0) is 9.53 Å². The van der Waals surface area contributed by atoms with E-state index in [1.54, 1.807) is 0 Å². The van der Waals surface area contributed by atoms with Crippen molar-refractivity contribution in [3.8, 4) is 0 Å². The molecule has 19 heavy (non-hydrogen) atoms. The van der Waals surface area contributed by atoms with Gasteiger partial charge in [0.15, 0.2) is 0 Å². The van der Waals surface area contributed by atoms with Gasteiger partial charge in [0.25, 0.3) is 0 Å². The van der Waals surface area contributed by atoms with E-state index in [2.05, 4.69) is 6.58 Å². The predicted molar refractivity (Wildman–Crippen MR) is 77.9 cm³/mol. The van der Waals surface area contributed by atoms with Crippen molar-refractivity contribution in [2.24, 2.45) is 5.92 Å². The minimum absolute atomic E-state index is 0.174. The Bertz CT molecular complexity index is 294. The minimum Gasteiger partial charge on any atom is -0.456 e. The van der Waals surface area contributed by atoms with Crippen molar-refractivity contribution in [1.29, 1.82) is 0 Å². The maximum Gasteiger partial charge on any atom is 0.330 e. The molecule has 2 rings (SSSR count). The number of carbonyl (C=O) groups is 1. The SMILES string of the molecule is C=CC(=O)OC1(C2CCCCC2)CCCCCCC1. The number of carbonyl (C=O) groups excluding carboxylic acids is 1. The summed E-state index contributed by atoms with van der Waals surface area (Å²) < 4.78 is 5.95. The third-order valence-corrected chi connectivity index (χ3v) is 5.02. The number of hydrogen-bond donors (Lipinski definition) is 0. The number of esters is 1. The van der Waals surface area contributed by atoms with Crippen molar-refractivity contribution in [1.82, 2.24) is 0 Å². The molecule has 0 unspecified atom stereocenters. The summed E-state index contributed by atoms with van der Waals surface area (Å²) in [5.74, 6) is 0.370. The summed E-state index contributed by atoms with van der Waals surface area (Å²) in [6.45, 7) is 3.57. The highest BCUT2D eigenvalue weighted by molar-refractivity contribution is 5.81. The fraction of sp³-hybridized carbons (Fsp3) is 0.824. The minimum atomic E-state index is -0.217. The Hall–Kier alpha value is -0.790. The van der Waals surface area contributed by atoms with Gasteiger partial charge in [-0.25, -0.2) is 4.79 Å². The van der Waals surface area contributed by atoms with E-state index in [0.29, 0.717) is 5.92 Å². The molecule has 2 fully saturated rings. The lowest BCUT2D eigenvalue weighted by Gasteiger charge is -2.43. The third-order valence-electron chi connectivity index (χ3n) is 5.02. The van der Waals surface area contributed by atoms with Crippen LogP contribution in [0.25, 0.3) is 0 Å². The van der Waals surface area contributed by atoms with Gasteiger partial charge in [0.2, 0.25) is 0 Å². The van der Waals surface area contributed by atoms with Gasteiger partial charge in [-0.3, -0.25) is 0 Å². The standard InChI is InChI=1S/C17H28O2/c1-2-16(18)19-17(15-11-7-6-8-12-15)13-9-4-3-5-10-14-17/h2,15H,1,3-14H2. The Morgan fingerprint density at radius 3 is 2.05 bits per heavy atom. The third kappa shape index (κ3) is 3.84. The molecule has 2 aliphatic rings. The first kappa shape index (κ1) is 14.6. The molecule has 2 heteroatoms. The lowest BCUT2D eigenvalue weighted by Crippen LogP contribution is -2.44. The highest BCUT2D eigenvalue weighted by atomic mass is 16.6. The van der Waals surface area contributed by atoms with Crippen LogP contribution in [0, 0.1) is 5.92 Å². The van der Waals surface area contributed by atoms with E-state index in [4.69, 9.17) is 4.74 Å². The van der Waals surface area contributed by atoms with E-state index in [9.17, 15) is 4.79 Å². The van der Waals surface area contributed by atoms with Crippen LogP contribution in [0.15, 0.2) is 12.7 Å². The van der Waals surface area contributed by atoms with Crippen LogP contribution in [-0.4, -0.2) is 11.6 Å². The Balaban J connectivity index is 2.12. The van der Waals surface area contributed by atoms with Crippen molar-refractivity contribution in [3.05, 3.63) is 12.7 Å². The lowest BCUT2D eigenvalue weighted by molar-refractivity contribution is -0.165. The Kier molecular flexibility index (Phi) is 5.47. The zero-order valence-corrected chi connectivity index (χ0v) is 12.2. The Morgan fingerprint density at radius 2 is 1.47 bits per heavy atom. The average molecular weight is 264 g/mol. The van der Waals surface area contributed by atoms with Gasteiger partial charge in [0.1, 0.15) is 5.60 Å². The summed E-state index contributed by atoms with van der Waals surface area (Å²) in [6, 6.07) is 0. The van der Waals surface area contributed by atoms with Crippen LogP contribution in [0.3, 0.4) is 0 Å². The lowest BCUT2D eigenvalue weighted by atomic mass is 9.71. The van der Waals surface area contributed by atoms with E-state index in [1.165, 1.54) is 70.3 Å². The molecule has 108 valence electrons. The summed E-state index contributed by atoms with van der Waals surface area (Å²) in [7, 11) is 0. The molecule has 0 bridgehead atoms. The summed E-state index contributed by atoms with van der Waals surface area (Å²) >= 11 is 0. The first-order valence-corrected chi connectivity index (χ1v) is 8.12. The van der Waals surface area contributed by atoms with Crippen molar-refractivity contribution < 1.29 is 9.53 Å². The van der Waals surface area contributed by atoms with Gasteiger partial charge in [-0.1, -0.05) is 45.1 Å². The molecule has 0 aliphatic heterocycles. The highest BCUT2D eigenvalue weighted by Crippen LogP contribution is 2.43. The van der Waals surface area contributed by atoms with Crippen LogP contribution < -0.4 is 0 Å². The van der Waals surface area contributed by atoms with Gasteiger partial charge in [-0.2, -0.15) is 0 Å². The van der Waals surface area contributed by atoms with Crippen LogP contribution in [0.1, 0.15) is 77.0 Å². The van der Waals surface area contributed by atoms with Gasteiger partial charge in [-0.05, 0) is 44.4 Å². The van der Waals surface area contributed by atoms with Crippen molar-refractivity contribution in [2.75, 3.05) is 0 Å². The summed E-state index contributed by atoms with van der Waals surface area (Å²) in [6.07, 6.45) is 16.3. The summed E-state index contributed by atoms with van der Waals surface area (Å²) in [5.41, 5.74) is -0.174. The van der Waals surface area contributed by atoms with E-state index in [0.717, 1.165) is 12.8 Å². The largest absolute Gasteiger partial charge is 0.456 e. The molecule has 0 heterocycles. The molecule has 2 aliphatic carbocycles. The number of hydrogen-bond acceptors (Lipinski definition) is 2. The highest BCUT2D eigenvalue weighted by Gasteiger charge is 2.41. The second kappa shape index (κ2) is 7.12. The first-order valence-electron chi connectivity index (χ1n) is 8.12. The maximum atomic E-state index is 11.8. The predicted octanol–water partition coefficient (Wildman–Crippen LogP) is 4.78.